The highest BCUT2D eigenvalue weighted by molar-refractivity contribution is 5.91. The van der Waals surface area contributed by atoms with Crippen molar-refractivity contribution >= 4 is 17.8 Å². The first-order chi connectivity index (χ1) is 11.2. The van der Waals surface area contributed by atoms with Crippen LogP contribution in [0.5, 0.6) is 11.5 Å². The van der Waals surface area contributed by atoms with Crippen LogP contribution in [0, 0.1) is 0 Å². The minimum Gasteiger partial charge on any atom is -0.493 e. The van der Waals surface area contributed by atoms with Gasteiger partial charge in [-0.05, 0) is 30.3 Å². The van der Waals surface area contributed by atoms with E-state index < -0.39 is 0 Å². The monoisotopic (exact) mass is 314 g/mol. The molecule has 0 spiro atoms. The van der Waals surface area contributed by atoms with Gasteiger partial charge in [0.25, 0.3) is 5.91 Å². The average molecular weight is 314 g/mol. The number of para-hydroxylation sites is 1. The number of rotatable bonds is 7. The second kappa shape index (κ2) is 8.43. The molecule has 6 heteroatoms. The van der Waals surface area contributed by atoms with Crippen LogP contribution < -0.4 is 14.8 Å². The quantitative estimate of drug-likeness (QED) is 0.630. The van der Waals surface area contributed by atoms with Gasteiger partial charge in [0.05, 0.1) is 20.4 Å². The van der Waals surface area contributed by atoms with Crippen molar-refractivity contribution in [3.05, 3.63) is 54.1 Å². The van der Waals surface area contributed by atoms with Gasteiger partial charge < -0.3 is 19.6 Å². The summed E-state index contributed by atoms with van der Waals surface area (Å²) in [6.45, 7) is -0.168. The molecule has 2 aromatic rings. The highest BCUT2D eigenvalue weighted by atomic mass is 16.6. The van der Waals surface area contributed by atoms with E-state index in [9.17, 15) is 4.79 Å². The first-order valence-electron chi connectivity index (χ1n) is 6.95. The fourth-order valence-electron chi connectivity index (χ4n) is 1.85. The minimum atomic E-state index is -0.277. The summed E-state index contributed by atoms with van der Waals surface area (Å²) in [5.74, 6) is 0.951. The largest absolute Gasteiger partial charge is 0.493 e. The number of benzene rings is 2. The number of carbonyl (C=O) groups excluding carboxylic acids is 1. The lowest BCUT2D eigenvalue weighted by Crippen LogP contribution is -2.16. The summed E-state index contributed by atoms with van der Waals surface area (Å²) < 4.78 is 10.3. The van der Waals surface area contributed by atoms with Crippen LogP contribution in [0.25, 0.3) is 0 Å². The van der Waals surface area contributed by atoms with Crippen LogP contribution in [0.2, 0.25) is 0 Å². The van der Waals surface area contributed by atoms with Gasteiger partial charge in [-0.25, -0.2) is 0 Å². The molecule has 120 valence electrons. The summed E-state index contributed by atoms with van der Waals surface area (Å²) in [5, 5.41) is 6.47. The molecule has 1 amide bonds. The van der Waals surface area contributed by atoms with Crippen molar-refractivity contribution in [2.45, 2.75) is 0 Å². The SMILES string of the molecule is COc1ccc(/C=N\OCC(=O)Nc2ccccc2)cc1OC. The van der Waals surface area contributed by atoms with Crippen molar-refractivity contribution in [2.75, 3.05) is 26.1 Å². The molecule has 0 aromatic heterocycles. The molecule has 2 aromatic carbocycles. The second-order valence-corrected chi connectivity index (χ2v) is 4.54. The minimum absolute atomic E-state index is 0.168. The number of nitrogens with one attached hydrogen (secondary N) is 1. The summed E-state index contributed by atoms with van der Waals surface area (Å²) in [5.41, 5.74) is 1.48. The number of hydrogen-bond acceptors (Lipinski definition) is 5. The number of methoxy groups -OCH3 is 2. The lowest BCUT2D eigenvalue weighted by molar-refractivity contribution is -0.120. The van der Waals surface area contributed by atoms with Gasteiger partial charge in [-0.3, -0.25) is 4.79 Å². The van der Waals surface area contributed by atoms with E-state index in [1.54, 1.807) is 44.6 Å². The predicted molar refractivity (Wildman–Crippen MR) is 88.2 cm³/mol. The Balaban J connectivity index is 1.83. The Hall–Kier alpha value is -3.02. The third kappa shape index (κ3) is 5.03. The van der Waals surface area contributed by atoms with Gasteiger partial charge in [-0.15, -0.1) is 0 Å². The van der Waals surface area contributed by atoms with Crippen molar-refractivity contribution in [3.8, 4) is 11.5 Å². The number of ether oxygens (including phenoxy) is 2. The summed E-state index contributed by atoms with van der Waals surface area (Å²) >= 11 is 0. The van der Waals surface area contributed by atoms with Crippen LogP contribution in [0.15, 0.2) is 53.7 Å². The summed E-state index contributed by atoms with van der Waals surface area (Å²) in [6.07, 6.45) is 1.50. The number of amides is 1. The van der Waals surface area contributed by atoms with Crippen LogP contribution in [0.3, 0.4) is 0 Å². The van der Waals surface area contributed by atoms with Crippen LogP contribution in [0.1, 0.15) is 5.56 Å². The number of nitrogens with zero attached hydrogens (tertiary/aromatic N) is 1. The van der Waals surface area contributed by atoms with E-state index in [4.69, 9.17) is 14.3 Å². The van der Waals surface area contributed by atoms with Crippen LogP contribution in [-0.2, 0) is 9.63 Å². The second-order valence-electron chi connectivity index (χ2n) is 4.54. The van der Waals surface area contributed by atoms with Crippen molar-refractivity contribution in [1.29, 1.82) is 0 Å². The fraction of sp³-hybridized carbons (Fsp3) is 0.176. The molecule has 0 saturated heterocycles. The molecule has 0 bridgehead atoms. The van der Waals surface area contributed by atoms with Gasteiger partial charge in [-0.1, -0.05) is 23.4 Å². The Morgan fingerprint density at radius 2 is 1.83 bits per heavy atom. The molecule has 23 heavy (non-hydrogen) atoms. The molecule has 1 N–H and O–H groups in total. The van der Waals surface area contributed by atoms with Gasteiger partial charge in [-0.2, -0.15) is 0 Å². The zero-order chi connectivity index (χ0) is 16.5. The Morgan fingerprint density at radius 1 is 1.09 bits per heavy atom. The van der Waals surface area contributed by atoms with Crippen molar-refractivity contribution in [3.63, 3.8) is 0 Å². The maximum atomic E-state index is 11.7. The zero-order valence-corrected chi connectivity index (χ0v) is 13.0. The topological polar surface area (TPSA) is 69.2 Å². The normalized spacial score (nSPS) is 10.3. The molecule has 0 aliphatic rings. The number of oxime groups is 1. The van der Waals surface area contributed by atoms with E-state index in [-0.39, 0.29) is 12.5 Å². The maximum Gasteiger partial charge on any atom is 0.265 e. The van der Waals surface area contributed by atoms with E-state index in [1.165, 1.54) is 6.21 Å². The van der Waals surface area contributed by atoms with Crippen molar-refractivity contribution in [2.24, 2.45) is 5.16 Å². The van der Waals surface area contributed by atoms with E-state index in [0.717, 1.165) is 5.56 Å². The molecule has 0 saturated carbocycles. The standard InChI is InChI=1S/C17H18N2O4/c1-21-15-9-8-13(10-16(15)22-2)11-18-23-12-17(20)19-14-6-4-3-5-7-14/h3-11H,12H2,1-2H3,(H,19,20)/b18-11-. The first-order valence-corrected chi connectivity index (χ1v) is 6.95. The Kier molecular flexibility index (Phi) is 5.99. The Labute approximate surface area is 134 Å². The number of hydrogen-bond donors (Lipinski definition) is 1. The van der Waals surface area contributed by atoms with Gasteiger partial charge >= 0.3 is 0 Å². The molecule has 0 radical (unpaired) electrons. The highest BCUT2D eigenvalue weighted by Crippen LogP contribution is 2.26. The summed E-state index contributed by atoms with van der Waals surface area (Å²) in [7, 11) is 3.13. The number of anilines is 1. The van der Waals surface area contributed by atoms with Gasteiger partial charge in [0.2, 0.25) is 0 Å². The van der Waals surface area contributed by atoms with E-state index in [2.05, 4.69) is 10.5 Å². The molecule has 0 unspecified atom stereocenters. The third-order valence-electron chi connectivity index (χ3n) is 2.94. The molecular formula is C17H18N2O4. The zero-order valence-electron chi connectivity index (χ0n) is 13.0. The van der Waals surface area contributed by atoms with E-state index in [1.807, 2.05) is 18.2 Å². The molecule has 6 nitrogen and oxygen atoms in total. The molecule has 2 rings (SSSR count). The summed E-state index contributed by atoms with van der Waals surface area (Å²) in [4.78, 5) is 16.6. The Bertz CT molecular complexity index is 672. The molecule has 0 aliphatic heterocycles. The van der Waals surface area contributed by atoms with Crippen molar-refractivity contribution in [1.82, 2.24) is 0 Å². The van der Waals surface area contributed by atoms with Crippen LogP contribution >= 0.6 is 0 Å². The smallest absolute Gasteiger partial charge is 0.265 e. The van der Waals surface area contributed by atoms with Crippen LogP contribution in [0.4, 0.5) is 5.69 Å². The summed E-state index contributed by atoms with van der Waals surface area (Å²) in [6, 6.07) is 14.5. The maximum absolute atomic E-state index is 11.7. The average Bonchev–Trinajstić information content (AvgIpc) is 2.59. The van der Waals surface area contributed by atoms with Gasteiger partial charge in [0.15, 0.2) is 18.1 Å². The lowest BCUT2D eigenvalue weighted by atomic mass is 10.2. The highest BCUT2D eigenvalue weighted by Gasteiger charge is 2.04. The van der Waals surface area contributed by atoms with Gasteiger partial charge in [0, 0.05) is 11.3 Å². The third-order valence-corrected chi connectivity index (χ3v) is 2.94. The first kappa shape index (κ1) is 16.4. The molecule has 0 fully saturated rings. The van der Waals surface area contributed by atoms with E-state index >= 15 is 0 Å². The Morgan fingerprint density at radius 3 is 2.52 bits per heavy atom. The van der Waals surface area contributed by atoms with Gasteiger partial charge in [0.1, 0.15) is 0 Å². The van der Waals surface area contributed by atoms with Crippen LogP contribution in [-0.4, -0.2) is 32.9 Å². The molecular weight excluding hydrogens is 296 g/mol. The molecule has 0 heterocycles. The lowest BCUT2D eigenvalue weighted by Gasteiger charge is -2.07. The van der Waals surface area contributed by atoms with E-state index in [0.29, 0.717) is 17.2 Å². The molecule has 0 aliphatic carbocycles. The predicted octanol–water partition coefficient (Wildman–Crippen LogP) is 2.69. The fourth-order valence-corrected chi connectivity index (χ4v) is 1.85. The van der Waals surface area contributed by atoms with Crippen molar-refractivity contribution < 1.29 is 19.1 Å². The number of carbonyl (C=O) groups is 1. The molecule has 0 atom stereocenters.